The summed E-state index contributed by atoms with van der Waals surface area (Å²) < 4.78 is 5.34. The molecule has 0 bridgehead atoms. The van der Waals surface area contributed by atoms with Gasteiger partial charge in [-0.15, -0.1) is 24.8 Å². The molecule has 2 aromatic rings. The van der Waals surface area contributed by atoms with E-state index < -0.39 is 5.41 Å². The third kappa shape index (κ3) is 6.18. The number of carbonyl (C=O) groups is 1. The molecule has 7 heteroatoms. The minimum absolute atomic E-state index is 0. The Morgan fingerprint density at radius 1 is 1.07 bits per heavy atom. The van der Waals surface area contributed by atoms with Crippen molar-refractivity contribution in [3.8, 4) is 0 Å². The van der Waals surface area contributed by atoms with E-state index in [1.165, 1.54) is 11.1 Å². The number of piperidine rings is 1. The van der Waals surface area contributed by atoms with Crippen LogP contribution in [0.2, 0.25) is 0 Å². The van der Waals surface area contributed by atoms with E-state index in [2.05, 4.69) is 27.8 Å². The Balaban J connectivity index is 0.00000182. The fourth-order valence-corrected chi connectivity index (χ4v) is 3.32. The summed E-state index contributed by atoms with van der Waals surface area (Å²) in [6.45, 7) is 2.16. The summed E-state index contributed by atoms with van der Waals surface area (Å²) in [7, 11) is 1.66. The number of pyridine rings is 1. The smallest absolute Gasteiger partial charge is 0.233 e. The topological polar surface area (TPSA) is 63.2 Å². The van der Waals surface area contributed by atoms with Gasteiger partial charge in [-0.3, -0.25) is 9.78 Å². The van der Waals surface area contributed by atoms with Crippen LogP contribution in [0.25, 0.3) is 0 Å². The molecule has 2 N–H and O–H groups in total. The Labute approximate surface area is 173 Å². The number of benzene rings is 1. The quantitative estimate of drug-likeness (QED) is 0.763. The van der Waals surface area contributed by atoms with E-state index in [-0.39, 0.29) is 30.7 Å². The summed E-state index contributed by atoms with van der Waals surface area (Å²) in [5.74, 6) is 0.0535. The SMILES string of the molecule is COCC1(C(=O)Nc2ccc(Cc3ccncc3)cc2)CCNCC1.Cl.Cl. The molecule has 0 saturated carbocycles. The predicted molar refractivity (Wildman–Crippen MR) is 113 cm³/mol. The number of rotatable bonds is 6. The molecule has 0 unspecified atom stereocenters. The fraction of sp³-hybridized carbons (Fsp3) is 0.400. The number of amides is 1. The van der Waals surface area contributed by atoms with Crippen LogP contribution in [-0.2, 0) is 16.0 Å². The first-order valence-corrected chi connectivity index (χ1v) is 8.71. The Morgan fingerprint density at radius 2 is 1.67 bits per heavy atom. The van der Waals surface area contributed by atoms with Crippen LogP contribution in [0.1, 0.15) is 24.0 Å². The Bertz CT molecular complexity index is 685. The number of hydrogen-bond acceptors (Lipinski definition) is 4. The summed E-state index contributed by atoms with van der Waals surface area (Å²) in [4.78, 5) is 16.9. The van der Waals surface area contributed by atoms with E-state index >= 15 is 0 Å². The zero-order valence-electron chi connectivity index (χ0n) is 15.4. The van der Waals surface area contributed by atoms with Crippen molar-refractivity contribution >= 4 is 36.4 Å². The first kappa shape index (κ1) is 23.4. The molecule has 27 heavy (non-hydrogen) atoms. The van der Waals surface area contributed by atoms with Gasteiger partial charge in [0.25, 0.3) is 0 Å². The maximum atomic E-state index is 12.8. The summed E-state index contributed by atoms with van der Waals surface area (Å²) in [5, 5.41) is 6.38. The molecule has 148 valence electrons. The molecule has 0 aliphatic carbocycles. The minimum atomic E-state index is -0.435. The van der Waals surface area contributed by atoms with E-state index in [0.29, 0.717) is 6.61 Å². The van der Waals surface area contributed by atoms with Gasteiger partial charge in [0.2, 0.25) is 5.91 Å². The van der Waals surface area contributed by atoms with E-state index in [1.54, 1.807) is 19.5 Å². The molecule has 1 amide bonds. The van der Waals surface area contributed by atoms with Crippen LogP contribution >= 0.6 is 24.8 Å². The average molecular weight is 412 g/mol. The van der Waals surface area contributed by atoms with Crippen LogP contribution in [0.4, 0.5) is 5.69 Å². The standard InChI is InChI=1S/C20H25N3O2.2ClH/c1-25-15-20(8-12-22-13-9-20)19(24)23-18-4-2-16(3-5-18)14-17-6-10-21-11-7-17;;/h2-7,10-11,22H,8-9,12-15H2,1H3,(H,23,24);2*1H. The monoisotopic (exact) mass is 411 g/mol. The van der Waals surface area contributed by atoms with Crippen molar-refractivity contribution in [3.63, 3.8) is 0 Å². The van der Waals surface area contributed by atoms with Crippen molar-refractivity contribution in [2.45, 2.75) is 19.3 Å². The van der Waals surface area contributed by atoms with E-state index in [1.807, 2.05) is 24.3 Å². The van der Waals surface area contributed by atoms with Crippen molar-refractivity contribution in [3.05, 3.63) is 59.9 Å². The molecule has 5 nitrogen and oxygen atoms in total. The first-order valence-electron chi connectivity index (χ1n) is 8.71. The number of nitrogens with one attached hydrogen (secondary N) is 2. The van der Waals surface area contributed by atoms with Gasteiger partial charge in [0.05, 0.1) is 12.0 Å². The zero-order valence-corrected chi connectivity index (χ0v) is 17.1. The molecule has 1 aromatic carbocycles. The first-order chi connectivity index (χ1) is 12.2. The molecular formula is C20H27Cl2N3O2. The fourth-order valence-electron chi connectivity index (χ4n) is 3.32. The highest BCUT2D eigenvalue weighted by atomic mass is 35.5. The molecule has 2 heterocycles. The summed E-state index contributed by atoms with van der Waals surface area (Å²) >= 11 is 0. The zero-order chi connectivity index (χ0) is 17.5. The molecule has 1 aliphatic heterocycles. The molecule has 1 aliphatic rings. The lowest BCUT2D eigenvalue weighted by atomic mass is 9.78. The highest BCUT2D eigenvalue weighted by molar-refractivity contribution is 5.95. The highest BCUT2D eigenvalue weighted by Gasteiger charge is 2.39. The lowest BCUT2D eigenvalue weighted by molar-refractivity contribution is -0.130. The molecule has 1 aromatic heterocycles. The molecule has 0 spiro atoms. The third-order valence-corrected chi connectivity index (χ3v) is 4.83. The maximum Gasteiger partial charge on any atom is 0.233 e. The van der Waals surface area contributed by atoms with E-state index in [0.717, 1.165) is 38.0 Å². The van der Waals surface area contributed by atoms with Crippen LogP contribution in [0.5, 0.6) is 0 Å². The lowest BCUT2D eigenvalue weighted by Crippen LogP contribution is -2.47. The number of nitrogens with zero attached hydrogens (tertiary/aromatic N) is 1. The summed E-state index contributed by atoms with van der Waals surface area (Å²) in [6, 6.07) is 12.1. The number of ether oxygens (including phenoxy) is 1. The highest BCUT2D eigenvalue weighted by Crippen LogP contribution is 2.31. The molecule has 1 fully saturated rings. The van der Waals surface area contributed by atoms with Crippen molar-refractivity contribution in [2.24, 2.45) is 5.41 Å². The minimum Gasteiger partial charge on any atom is -0.384 e. The van der Waals surface area contributed by atoms with Gasteiger partial charge in [-0.25, -0.2) is 0 Å². The van der Waals surface area contributed by atoms with Crippen LogP contribution in [-0.4, -0.2) is 37.7 Å². The number of carbonyl (C=O) groups excluding carboxylic acids is 1. The largest absolute Gasteiger partial charge is 0.384 e. The predicted octanol–water partition coefficient (Wildman–Crippen LogP) is 3.47. The van der Waals surface area contributed by atoms with E-state index in [4.69, 9.17) is 4.74 Å². The molecule has 1 saturated heterocycles. The second kappa shape index (κ2) is 11.2. The van der Waals surface area contributed by atoms with Crippen molar-refractivity contribution in [1.29, 1.82) is 0 Å². The van der Waals surface area contributed by atoms with Crippen molar-refractivity contribution in [1.82, 2.24) is 10.3 Å². The van der Waals surface area contributed by atoms with Crippen LogP contribution in [0.15, 0.2) is 48.8 Å². The van der Waals surface area contributed by atoms with Crippen LogP contribution < -0.4 is 10.6 Å². The number of anilines is 1. The number of hydrogen-bond donors (Lipinski definition) is 2. The van der Waals surface area contributed by atoms with E-state index in [9.17, 15) is 4.79 Å². The molecule has 0 radical (unpaired) electrons. The number of methoxy groups -OCH3 is 1. The van der Waals surface area contributed by atoms with Crippen LogP contribution in [0.3, 0.4) is 0 Å². The van der Waals surface area contributed by atoms with Gasteiger partial charge in [0, 0.05) is 25.2 Å². The third-order valence-electron chi connectivity index (χ3n) is 4.83. The van der Waals surface area contributed by atoms with Crippen molar-refractivity contribution < 1.29 is 9.53 Å². The van der Waals surface area contributed by atoms with Gasteiger partial charge in [0.15, 0.2) is 0 Å². The van der Waals surface area contributed by atoms with Crippen molar-refractivity contribution in [2.75, 3.05) is 32.1 Å². The second-order valence-electron chi connectivity index (χ2n) is 6.65. The molecule has 3 rings (SSSR count). The number of aromatic nitrogens is 1. The maximum absolute atomic E-state index is 12.8. The second-order valence-corrected chi connectivity index (χ2v) is 6.65. The molecular weight excluding hydrogens is 385 g/mol. The number of halogens is 2. The normalized spacial score (nSPS) is 15.1. The van der Waals surface area contributed by atoms with Gasteiger partial charge >= 0.3 is 0 Å². The Hall–Kier alpha value is -1.66. The lowest BCUT2D eigenvalue weighted by Gasteiger charge is -2.35. The Kier molecular flexibility index (Phi) is 9.74. The summed E-state index contributed by atoms with van der Waals surface area (Å²) in [5.41, 5.74) is 2.83. The van der Waals surface area contributed by atoms with Gasteiger partial charge in [-0.1, -0.05) is 12.1 Å². The summed E-state index contributed by atoms with van der Waals surface area (Å²) in [6.07, 6.45) is 6.06. The van der Waals surface area contributed by atoms with Gasteiger partial charge in [0.1, 0.15) is 0 Å². The Morgan fingerprint density at radius 3 is 2.26 bits per heavy atom. The molecule has 0 atom stereocenters. The van der Waals surface area contributed by atoms with Gasteiger partial charge in [-0.05, 0) is 67.7 Å². The van der Waals surface area contributed by atoms with Gasteiger partial charge < -0.3 is 15.4 Å². The van der Waals surface area contributed by atoms with Gasteiger partial charge in [-0.2, -0.15) is 0 Å². The average Bonchev–Trinajstić information content (AvgIpc) is 2.65. The van der Waals surface area contributed by atoms with Crippen LogP contribution in [0, 0.1) is 5.41 Å².